The Balaban J connectivity index is 2.51. The van der Waals surface area contributed by atoms with E-state index in [0.717, 1.165) is 4.68 Å². The zero-order valence-corrected chi connectivity index (χ0v) is 10.8. The molecular weight excluding hydrogens is 236 g/mol. The number of amides is 1. The van der Waals surface area contributed by atoms with E-state index in [1.165, 1.54) is 6.20 Å². The van der Waals surface area contributed by atoms with E-state index in [2.05, 4.69) is 29.5 Å². The largest absolute Gasteiger partial charge is 0.480 e. The highest BCUT2D eigenvalue weighted by Crippen LogP contribution is 2.07. The first-order valence-corrected chi connectivity index (χ1v) is 5.80. The molecule has 0 bridgehead atoms. The van der Waals surface area contributed by atoms with Gasteiger partial charge in [-0.15, -0.1) is 5.10 Å². The first-order chi connectivity index (χ1) is 8.40. The molecule has 1 aromatic rings. The van der Waals surface area contributed by atoms with E-state index in [9.17, 15) is 9.59 Å². The van der Waals surface area contributed by atoms with Crippen molar-refractivity contribution in [2.45, 2.75) is 27.3 Å². The van der Waals surface area contributed by atoms with Gasteiger partial charge in [0, 0.05) is 6.54 Å². The van der Waals surface area contributed by atoms with Crippen molar-refractivity contribution in [2.75, 3.05) is 6.54 Å². The van der Waals surface area contributed by atoms with Gasteiger partial charge >= 0.3 is 5.97 Å². The zero-order valence-electron chi connectivity index (χ0n) is 10.8. The number of carbonyl (C=O) groups is 2. The molecule has 1 amide bonds. The molecule has 0 spiro atoms. The number of aromatic nitrogens is 3. The Morgan fingerprint density at radius 3 is 2.67 bits per heavy atom. The average Bonchev–Trinajstić information content (AvgIpc) is 2.72. The number of hydrogen-bond acceptors (Lipinski definition) is 4. The molecule has 0 saturated heterocycles. The molecule has 7 heteroatoms. The van der Waals surface area contributed by atoms with Crippen LogP contribution in [0.4, 0.5) is 0 Å². The number of nitrogens with one attached hydrogen (secondary N) is 1. The Hall–Kier alpha value is -1.92. The second-order valence-electron chi connectivity index (χ2n) is 4.63. The molecule has 0 aliphatic heterocycles. The Morgan fingerprint density at radius 1 is 1.44 bits per heavy atom. The van der Waals surface area contributed by atoms with Crippen LogP contribution in [-0.4, -0.2) is 38.5 Å². The van der Waals surface area contributed by atoms with Crippen molar-refractivity contribution in [1.29, 1.82) is 0 Å². The lowest BCUT2D eigenvalue weighted by Crippen LogP contribution is -2.30. The minimum absolute atomic E-state index is 0.132. The second kappa shape index (κ2) is 6.13. The van der Waals surface area contributed by atoms with Crippen molar-refractivity contribution in [3.63, 3.8) is 0 Å². The van der Waals surface area contributed by atoms with E-state index in [4.69, 9.17) is 5.11 Å². The van der Waals surface area contributed by atoms with Crippen LogP contribution in [0, 0.1) is 11.8 Å². The fourth-order valence-corrected chi connectivity index (χ4v) is 1.20. The molecule has 7 nitrogen and oxygen atoms in total. The summed E-state index contributed by atoms with van der Waals surface area (Å²) >= 11 is 0. The number of nitrogens with zero attached hydrogens (tertiary/aromatic N) is 3. The summed E-state index contributed by atoms with van der Waals surface area (Å²) in [4.78, 5) is 22.1. The van der Waals surface area contributed by atoms with Gasteiger partial charge in [0.1, 0.15) is 6.54 Å². The second-order valence-corrected chi connectivity index (χ2v) is 4.63. The molecule has 1 heterocycles. The Kier molecular flexibility index (Phi) is 4.82. The lowest BCUT2D eigenvalue weighted by Gasteiger charge is -2.15. The minimum atomic E-state index is -1.03. The van der Waals surface area contributed by atoms with Crippen LogP contribution in [0.2, 0.25) is 0 Å². The lowest BCUT2D eigenvalue weighted by atomic mass is 9.98. The Labute approximate surface area is 105 Å². The van der Waals surface area contributed by atoms with Gasteiger partial charge in [-0.25, -0.2) is 4.68 Å². The number of hydrogen-bond donors (Lipinski definition) is 2. The third kappa shape index (κ3) is 4.15. The summed E-state index contributed by atoms with van der Waals surface area (Å²) in [5.74, 6) is -0.518. The average molecular weight is 254 g/mol. The van der Waals surface area contributed by atoms with E-state index >= 15 is 0 Å². The van der Waals surface area contributed by atoms with Crippen molar-refractivity contribution in [1.82, 2.24) is 20.3 Å². The van der Waals surface area contributed by atoms with Crippen LogP contribution in [0.5, 0.6) is 0 Å². The van der Waals surface area contributed by atoms with Crippen molar-refractivity contribution in [3.8, 4) is 0 Å². The zero-order chi connectivity index (χ0) is 13.7. The molecule has 0 aromatic carbocycles. The normalized spacial score (nSPS) is 12.4. The molecule has 1 aromatic heterocycles. The van der Waals surface area contributed by atoms with Gasteiger partial charge in [0.05, 0.1) is 6.20 Å². The molecule has 0 fully saturated rings. The van der Waals surface area contributed by atoms with Gasteiger partial charge in [-0.05, 0) is 11.8 Å². The van der Waals surface area contributed by atoms with Crippen LogP contribution in [0.15, 0.2) is 6.20 Å². The van der Waals surface area contributed by atoms with Gasteiger partial charge in [-0.3, -0.25) is 9.59 Å². The molecule has 0 aliphatic carbocycles. The van der Waals surface area contributed by atoms with E-state index < -0.39 is 5.97 Å². The van der Waals surface area contributed by atoms with Crippen LogP contribution in [0.25, 0.3) is 0 Å². The minimum Gasteiger partial charge on any atom is -0.480 e. The van der Waals surface area contributed by atoms with Crippen LogP contribution in [0.1, 0.15) is 31.3 Å². The first-order valence-electron chi connectivity index (χ1n) is 5.80. The maximum Gasteiger partial charge on any atom is 0.325 e. The maximum atomic E-state index is 11.7. The van der Waals surface area contributed by atoms with Gasteiger partial charge in [-0.1, -0.05) is 26.0 Å². The third-order valence-corrected chi connectivity index (χ3v) is 2.79. The molecule has 1 atom stereocenters. The topological polar surface area (TPSA) is 97.1 Å². The summed E-state index contributed by atoms with van der Waals surface area (Å²) < 4.78 is 1.11. The van der Waals surface area contributed by atoms with E-state index in [1.807, 2.05) is 6.92 Å². The van der Waals surface area contributed by atoms with Gasteiger partial charge in [0.15, 0.2) is 5.69 Å². The summed E-state index contributed by atoms with van der Waals surface area (Å²) in [6.45, 7) is 6.47. The van der Waals surface area contributed by atoms with Gasteiger partial charge < -0.3 is 10.4 Å². The third-order valence-electron chi connectivity index (χ3n) is 2.79. The van der Waals surface area contributed by atoms with Gasteiger partial charge in [0.25, 0.3) is 5.91 Å². The first kappa shape index (κ1) is 14.1. The molecular formula is C11H18N4O3. The van der Waals surface area contributed by atoms with Gasteiger partial charge in [0.2, 0.25) is 0 Å². The molecule has 0 radical (unpaired) electrons. The van der Waals surface area contributed by atoms with Crippen molar-refractivity contribution >= 4 is 11.9 Å². The fourth-order valence-electron chi connectivity index (χ4n) is 1.20. The number of rotatable bonds is 6. The maximum absolute atomic E-state index is 11.7. The fraction of sp³-hybridized carbons (Fsp3) is 0.636. The van der Waals surface area contributed by atoms with Gasteiger partial charge in [-0.2, -0.15) is 0 Å². The van der Waals surface area contributed by atoms with Crippen molar-refractivity contribution in [3.05, 3.63) is 11.9 Å². The Bertz CT molecular complexity index is 428. The molecule has 0 saturated carbocycles. The smallest absolute Gasteiger partial charge is 0.325 e. The highest BCUT2D eigenvalue weighted by molar-refractivity contribution is 5.91. The van der Waals surface area contributed by atoms with Crippen LogP contribution >= 0.6 is 0 Å². The molecule has 100 valence electrons. The van der Waals surface area contributed by atoms with E-state index in [1.54, 1.807) is 0 Å². The molecule has 1 rings (SSSR count). The monoisotopic (exact) mass is 254 g/mol. The van der Waals surface area contributed by atoms with E-state index in [-0.39, 0.29) is 18.1 Å². The summed E-state index contributed by atoms with van der Waals surface area (Å²) in [5.41, 5.74) is 0.132. The highest BCUT2D eigenvalue weighted by atomic mass is 16.4. The molecule has 2 N–H and O–H groups in total. The number of carbonyl (C=O) groups excluding carboxylic acids is 1. The predicted molar refractivity (Wildman–Crippen MR) is 64.0 cm³/mol. The van der Waals surface area contributed by atoms with Crippen LogP contribution in [-0.2, 0) is 11.3 Å². The van der Waals surface area contributed by atoms with Crippen LogP contribution in [0.3, 0.4) is 0 Å². The molecule has 18 heavy (non-hydrogen) atoms. The molecule has 1 unspecified atom stereocenters. The SMILES string of the molecule is CC(C)C(C)CNC(=O)c1cn(CC(=O)O)nn1. The summed E-state index contributed by atoms with van der Waals surface area (Å²) in [7, 11) is 0. The number of carboxylic acids is 1. The quantitative estimate of drug-likeness (QED) is 0.765. The summed E-state index contributed by atoms with van der Waals surface area (Å²) in [5, 5.41) is 18.5. The number of aliphatic carboxylic acids is 1. The van der Waals surface area contributed by atoms with Crippen LogP contribution < -0.4 is 5.32 Å². The Morgan fingerprint density at radius 2 is 2.11 bits per heavy atom. The predicted octanol–water partition coefficient (Wildman–Crippen LogP) is 0.385. The molecule has 0 aliphatic rings. The lowest BCUT2D eigenvalue weighted by molar-refractivity contribution is -0.137. The number of carboxylic acid groups (broad SMARTS) is 1. The standard InChI is InChI=1S/C11H18N4O3/c1-7(2)8(3)4-12-11(18)9-5-15(14-13-9)6-10(16)17/h5,7-8H,4,6H2,1-3H3,(H,12,18)(H,16,17). The summed E-state index contributed by atoms with van der Waals surface area (Å²) in [6.07, 6.45) is 1.32. The van der Waals surface area contributed by atoms with Crippen molar-refractivity contribution in [2.24, 2.45) is 11.8 Å². The van der Waals surface area contributed by atoms with E-state index in [0.29, 0.717) is 18.4 Å². The van der Waals surface area contributed by atoms with Crippen molar-refractivity contribution < 1.29 is 14.7 Å². The summed E-state index contributed by atoms with van der Waals surface area (Å²) in [6, 6.07) is 0. The highest BCUT2D eigenvalue weighted by Gasteiger charge is 2.14.